The van der Waals surface area contributed by atoms with Crippen LogP contribution in [0.4, 0.5) is 0 Å². The Morgan fingerprint density at radius 3 is 3.09 bits per heavy atom. The maximum Gasteiger partial charge on any atom is 0.109 e. The van der Waals surface area contributed by atoms with Gasteiger partial charge in [0.05, 0.1) is 6.04 Å². The minimum atomic E-state index is 0.412. The molecule has 62 valence electrons. The number of aromatic nitrogens is 1. The topological polar surface area (TPSA) is 24.9 Å². The SMILES string of the molecule is CCCNC(C)c1nccs1. The van der Waals surface area contributed by atoms with Crippen molar-refractivity contribution in [2.24, 2.45) is 0 Å². The number of hydrogen-bond donors (Lipinski definition) is 1. The van der Waals surface area contributed by atoms with E-state index in [2.05, 4.69) is 24.1 Å². The van der Waals surface area contributed by atoms with Gasteiger partial charge in [0, 0.05) is 11.6 Å². The maximum atomic E-state index is 4.23. The molecule has 1 atom stereocenters. The highest BCUT2D eigenvalue weighted by atomic mass is 32.1. The van der Waals surface area contributed by atoms with Crippen LogP contribution in [-0.4, -0.2) is 11.5 Å². The van der Waals surface area contributed by atoms with Gasteiger partial charge in [-0.15, -0.1) is 11.3 Å². The van der Waals surface area contributed by atoms with Crippen LogP contribution in [-0.2, 0) is 0 Å². The Morgan fingerprint density at radius 1 is 1.73 bits per heavy atom. The first-order valence-electron chi connectivity index (χ1n) is 3.97. The zero-order chi connectivity index (χ0) is 8.10. The Labute approximate surface area is 71.7 Å². The fraction of sp³-hybridized carbons (Fsp3) is 0.625. The molecule has 0 saturated carbocycles. The standard InChI is InChI=1S/C8H14N2S/c1-3-4-9-7(2)8-10-5-6-11-8/h5-7,9H,3-4H2,1-2H3. The summed E-state index contributed by atoms with van der Waals surface area (Å²) in [5.41, 5.74) is 0. The summed E-state index contributed by atoms with van der Waals surface area (Å²) in [4.78, 5) is 4.23. The van der Waals surface area contributed by atoms with Crippen molar-refractivity contribution in [3.63, 3.8) is 0 Å². The zero-order valence-corrected chi connectivity index (χ0v) is 7.82. The van der Waals surface area contributed by atoms with E-state index in [0.717, 1.165) is 6.54 Å². The molecule has 0 spiro atoms. The van der Waals surface area contributed by atoms with Crippen molar-refractivity contribution in [3.8, 4) is 0 Å². The second-order valence-electron chi connectivity index (χ2n) is 2.55. The van der Waals surface area contributed by atoms with E-state index >= 15 is 0 Å². The highest BCUT2D eigenvalue weighted by Gasteiger charge is 2.04. The third-order valence-corrected chi connectivity index (χ3v) is 2.48. The lowest BCUT2D eigenvalue weighted by atomic mass is 10.3. The molecule has 0 aromatic carbocycles. The Balaban J connectivity index is 2.36. The van der Waals surface area contributed by atoms with Crippen LogP contribution in [0.1, 0.15) is 31.3 Å². The molecule has 1 heterocycles. The van der Waals surface area contributed by atoms with Crippen LogP contribution in [0.25, 0.3) is 0 Å². The van der Waals surface area contributed by atoms with Crippen LogP contribution in [0, 0.1) is 0 Å². The Bertz CT molecular complexity index is 184. The summed E-state index contributed by atoms with van der Waals surface area (Å²) in [5.74, 6) is 0. The summed E-state index contributed by atoms with van der Waals surface area (Å²) < 4.78 is 0. The third kappa shape index (κ3) is 2.60. The first kappa shape index (κ1) is 8.68. The van der Waals surface area contributed by atoms with Gasteiger partial charge in [-0.05, 0) is 19.9 Å². The van der Waals surface area contributed by atoms with Crippen molar-refractivity contribution in [3.05, 3.63) is 16.6 Å². The van der Waals surface area contributed by atoms with Gasteiger partial charge in [0.2, 0.25) is 0 Å². The summed E-state index contributed by atoms with van der Waals surface area (Å²) in [6, 6.07) is 0.412. The van der Waals surface area contributed by atoms with E-state index in [-0.39, 0.29) is 0 Å². The van der Waals surface area contributed by atoms with E-state index in [1.165, 1.54) is 11.4 Å². The molecule has 3 heteroatoms. The molecule has 0 saturated heterocycles. The van der Waals surface area contributed by atoms with Crippen molar-refractivity contribution < 1.29 is 0 Å². The lowest BCUT2D eigenvalue weighted by Crippen LogP contribution is -2.18. The average molecular weight is 170 g/mol. The van der Waals surface area contributed by atoms with Crippen LogP contribution in [0.15, 0.2) is 11.6 Å². The Hall–Kier alpha value is -0.410. The minimum Gasteiger partial charge on any atom is -0.308 e. The largest absolute Gasteiger partial charge is 0.308 e. The molecule has 11 heavy (non-hydrogen) atoms. The molecule has 1 N–H and O–H groups in total. The Morgan fingerprint density at radius 2 is 2.55 bits per heavy atom. The monoisotopic (exact) mass is 170 g/mol. The molecule has 1 aromatic heterocycles. The molecular formula is C8H14N2S. The number of nitrogens with zero attached hydrogens (tertiary/aromatic N) is 1. The van der Waals surface area contributed by atoms with Crippen molar-refractivity contribution >= 4 is 11.3 Å². The predicted octanol–water partition coefficient (Wildman–Crippen LogP) is 2.20. The highest BCUT2D eigenvalue weighted by molar-refractivity contribution is 7.09. The summed E-state index contributed by atoms with van der Waals surface area (Å²) >= 11 is 1.71. The number of nitrogens with one attached hydrogen (secondary N) is 1. The van der Waals surface area contributed by atoms with Gasteiger partial charge in [0.15, 0.2) is 0 Å². The van der Waals surface area contributed by atoms with Gasteiger partial charge >= 0.3 is 0 Å². The van der Waals surface area contributed by atoms with Crippen LogP contribution in [0.2, 0.25) is 0 Å². The highest BCUT2D eigenvalue weighted by Crippen LogP contribution is 2.13. The zero-order valence-electron chi connectivity index (χ0n) is 7.00. The second kappa shape index (κ2) is 4.46. The first-order chi connectivity index (χ1) is 5.34. The van der Waals surface area contributed by atoms with Gasteiger partial charge in [-0.2, -0.15) is 0 Å². The van der Waals surface area contributed by atoms with Crippen LogP contribution in [0.3, 0.4) is 0 Å². The molecule has 0 aliphatic carbocycles. The van der Waals surface area contributed by atoms with Gasteiger partial charge in [0.25, 0.3) is 0 Å². The fourth-order valence-corrected chi connectivity index (χ4v) is 1.57. The first-order valence-corrected chi connectivity index (χ1v) is 4.85. The van der Waals surface area contributed by atoms with Crippen LogP contribution in [0.5, 0.6) is 0 Å². The molecule has 1 rings (SSSR count). The second-order valence-corrected chi connectivity index (χ2v) is 3.47. The fourth-order valence-electron chi connectivity index (χ4n) is 0.896. The van der Waals surface area contributed by atoms with Crippen molar-refractivity contribution in [2.75, 3.05) is 6.54 Å². The molecule has 1 aromatic rings. The molecule has 0 aliphatic heterocycles. The number of hydrogen-bond acceptors (Lipinski definition) is 3. The van der Waals surface area contributed by atoms with Gasteiger partial charge in [-0.25, -0.2) is 4.98 Å². The van der Waals surface area contributed by atoms with Crippen molar-refractivity contribution in [1.82, 2.24) is 10.3 Å². The smallest absolute Gasteiger partial charge is 0.109 e. The summed E-state index contributed by atoms with van der Waals surface area (Å²) in [7, 11) is 0. The molecule has 0 fully saturated rings. The molecule has 0 bridgehead atoms. The van der Waals surface area contributed by atoms with Crippen molar-refractivity contribution in [1.29, 1.82) is 0 Å². The Kier molecular flexibility index (Phi) is 3.52. The van der Waals surface area contributed by atoms with Gasteiger partial charge in [-0.3, -0.25) is 0 Å². The lowest BCUT2D eigenvalue weighted by Gasteiger charge is -2.08. The third-order valence-electron chi connectivity index (χ3n) is 1.52. The average Bonchev–Trinajstić information content (AvgIpc) is 2.52. The van der Waals surface area contributed by atoms with Gasteiger partial charge in [0.1, 0.15) is 5.01 Å². The molecular weight excluding hydrogens is 156 g/mol. The molecule has 0 aliphatic rings. The predicted molar refractivity (Wildman–Crippen MR) is 48.8 cm³/mol. The molecule has 0 radical (unpaired) electrons. The van der Waals surface area contributed by atoms with Crippen LogP contribution < -0.4 is 5.32 Å². The van der Waals surface area contributed by atoms with E-state index in [1.54, 1.807) is 11.3 Å². The van der Waals surface area contributed by atoms with Gasteiger partial charge < -0.3 is 5.32 Å². The maximum absolute atomic E-state index is 4.23. The van der Waals surface area contributed by atoms with E-state index < -0.39 is 0 Å². The van der Waals surface area contributed by atoms with Crippen LogP contribution >= 0.6 is 11.3 Å². The summed E-state index contributed by atoms with van der Waals surface area (Å²) in [6.45, 7) is 5.39. The quantitative estimate of drug-likeness (QED) is 0.749. The normalized spacial score (nSPS) is 13.3. The molecule has 0 amide bonds. The van der Waals surface area contributed by atoms with E-state index in [4.69, 9.17) is 0 Å². The summed E-state index contributed by atoms with van der Waals surface area (Å²) in [5, 5.41) is 6.58. The van der Waals surface area contributed by atoms with Crippen molar-refractivity contribution in [2.45, 2.75) is 26.3 Å². The summed E-state index contributed by atoms with van der Waals surface area (Å²) in [6.07, 6.45) is 3.03. The van der Waals surface area contributed by atoms with E-state index in [1.807, 2.05) is 11.6 Å². The number of thiazole rings is 1. The van der Waals surface area contributed by atoms with Gasteiger partial charge in [-0.1, -0.05) is 6.92 Å². The molecule has 1 unspecified atom stereocenters. The van der Waals surface area contributed by atoms with E-state index in [9.17, 15) is 0 Å². The number of rotatable bonds is 4. The lowest BCUT2D eigenvalue weighted by molar-refractivity contribution is 0.568. The molecule has 2 nitrogen and oxygen atoms in total. The minimum absolute atomic E-state index is 0.412. The van der Waals surface area contributed by atoms with E-state index in [0.29, 0.717) is 6.04 Å².